The Bertz CT molecular complexity index is 7700. The van der Waals surface area contributed by atoms with E-state index in [1.807, 2.05) is 24.3 Å². The van der Waals surface area contributed by atoms with Crippen molar-refractivity contribution in [2.45, 2.75) is 101 Å². The van der Waals surface area contributed by atoms with Crippen LogP contribution in [0.1, 0.15) is 133 Å². The van der Waals surface area contributed by atoms with Gasteiger partial charge in [-0.15, -0.1) is 0 Å². The number of hydrogen-bond acceptors (Lipinski definition) is 18. The van der Waals surface area contributed by atoms with E-state index in [9.17, 15) is 82.3 Å². The molecule has 754 valence electrons. The maximum Gasteiger partial charge on any atom is 0.307 e. The minimum Gasteiger partial charge on any atom is -0.497 e. The fourth-order valence-electron chi connectivity index (χ4n) is 17.2. The number of hydrogen-bond donors (Lipinski definition) is 12. The quantitative estimate of drug-likeness (QED) is 0.0221. The molecule has 2 unspecified atom stereocenters. The van der Waals surface area contributed by atoms with Crippen LogP contribution in [0.15, 0.2) is 206 Å². The first kappa shape index (κ1) is 102. The van der Waals surface area contributed by atoms with Crippen molar-refractivity contribution < 1.29 is 96.5 Å². The van der Waals surface area contributed by atoms with E-state index in [0.717, 1.165) is 83.1 Å². The highest BCUT2D eigenvalue weighted by Gasteiger charge is 2.47. The van der Waals surface area contributed by atoms with Gasteiger partial charge in [0.15, 0.2) is 6.10 Å². The molecule has 21 rings (SSSR count). The highest BCUT2D eigenvalue weighted by atomic mass is 32.2. The molecule has 1 saturated carbocycles. The maximum atomic E-state index is 15.0. The molecule has 12 N–H and O–H groups in total. The Hall–Kier alpha value is -17.4. The smallest absolute Gasteiger partial charge is 0.307 e. The number of aromatic nitrogens is 10. The Morgan fingerprint density at radius 3 is 1.02 bits per heavy atom. The fourth-order valence-corrected chi connectivity index (χ4v) is 18.0. The average Bonchev–Trinajstić information content (AvgIpc) is 1.57. The SMILES string of the molecule is CC1(C)OC(=O)CC1C(=O)Nc1cc2c(/C=C/c3ccc(F)cc3)n[nH]c2cc1F.COc1ccc(C2(C(=O)Nc3cc4c(/C=C/c5ccc(F)cc5)n[nH]c4cc3F)CCCC2)cc1.O=C(Nc1cc2c(/C=C/c3ccc(F)cc3)n[nH]c2cc1F)[C@@H]1CCCN1.O=C1CCC(C(=O)Nc2cc3c(/C=C/c4ccc(F)cc4)n[nH]c3cc2F)O1.O=C1N[C@H](C(=O)Nc2cc3c(/C=C/c4ccc(F)cc4)n[nH]c3cc2F)CS1. The lowest BCUT2D eigenvalue weighted by atomic mass is 9.78. The number of thioether (sulfide) groups is 1. The van der Waals surface area contributed by atoms with Gasteiger partial charge < -0.3 is 51.4 Å². The zero-order chi connectivity index (χ0) is 104. The van der Waals surface area contributed by atoms with Gasteiger partial charge in [0.2, 0.25) is 23.6 Å². The summed E-state index contributed by atoms with van der Waals surface area (Å²) >= 11 is 1.01. The molecule has 6 amide bonds. The summed E-state index contributed by atoms with van der Waals surface area (Å²) in [7, 11) is 1.60. The zero-order valence-electron chi connectivity index (χ0n) is 78.9. The van der Waals surface area contributed by atoms with E-state index in [1.54, 1.807) is 155 Å². The topological polar surface area (TPSA) is 392 Å². The number of esters is 2. The third kappa shape index (κ3) is 24.6. The number of aromatic amines is 5. The summed E-state index contributed by atoms with van der Waals surface area (Å²) in [6, 6.07) is 50.5. The minimum absolute atomic E-state index is 0.00137. The summed E-state index contributed by atoms with van der Waals surface area (Å²) in [5.41, 5.74) is 8.61. The van der Waals surface area contributed by atoms with Crippen molar-refractivity contribution in [1.29, 1.82) is 0 Å². The largest absolute Gasteiger partial charge is 0.497 e. The molecule has 4 aliphatic heterocycles. The molecule has 11 aromatic carbocycles. The van der Waals surface area contributed by atoms with Crippen LogP contribution in [-0.4, -0.2) is 141 Å². The van der Waals surface area contributed by atoms with E-state index in [2.05, 4.69) is 88.2 Å². The summed E-state index contributed by atoms with van der Waals surface area (Å²) in [4.78, 5) is 96.8. The second-order valence-electron chi connectivity index (χ2n) is 35.6. The number of halogens is 10. The molecule has 0 spiro atoms. The van der Waals surface area contributed by atoms with Gasteiger partial charge in [-0.2, -0.15) is 25.5 Å². The van der Waals surface area contributed by atoms with Crippen molar-refractivity contribution in [3.8, 4) is 5.75 Å². The van der Waals surface area contributed by atoms with Gasteiger partial charge in [-0.25, -0.2) is 43.9 Å². The van der Waals surface area contributed by atoms with Crippen LogP contribution in [0.5, 0.6) is 5.75 Å². The fraction of sp³-hybridized carbons (Fsp3) is 0.183. The number of rotatable bonds is 22. The van der Waals surface area contributed by atoms with Crippen molar-refractivity contribution in [3.63, 3.8) is 0 Å². The number of benzene rings is 11. The molecule has 5 aliphatic rings. The average molecular weight is 2040 g/mol. The summed E-state index contributed by atoms with van der Waals surface area (Å²) in [5, 5.41) is 56.3. The number of carbonyl (C=O) groups excluding carboxylic acids is 8. The first-order valence-corrected chi connectivity index (χ1v) is 47.6. The van der Waals surface area contributed by atoms with Gasteiger partial charge in [0.1, 0.15) is 75.6 Å². The van der Waals surface area contributed by atoms with Crippen molar-refractivity contribution in [2.24, 2.45) is 5.92 Å². The van der Waals surface area contributed by atoms with Gasteiger partial charge in [-0.1, -0.05) is 128 Å². The molecule has 0 bridgehead atoms. The maximum absolute atomic E-state index is 15.0. The lowest BCUT2D eigenvalue weighted by molar-refractivity contribution is -0.147. The molecule has 1 aliphatic carbocycles. The summed E-state index contributed by atoms with van der Waals surface area (Å²) < 4.78 is 153. The van der Waals surface area contributed by atoms with Gasteiger partial charge in [-0.05, 0) is 213 Å². The third-order valence-electron chi connectivity index (χ3n) is 25.2. The summed E-state index contributed by atoms with van der Waals surface area (Å²) in [6.07, 6.45) is 21.9. The van der Waals surface area contributed by atoms with E-state index in [-0.39, 0.29) is 99.9 Å². The second-order valence-corrected chi connectivity index (χ2v) is 36.6. The van der Waals surface area contributed by atoms with E-state index in [1.165, 1.54) is 109 Å². The van der Waals surface area contributed by atoms with Crippen LogP contribution in [-0.2, 0) is 48.5 Å². The molecule has 5 fully saturated rings. The van der Waals surface area contributed by atoms with Crippen molar-refractivity contribution in [2.75, 3.05) is 46.0 Å². The van der Waals surface area contributed by atoms with E-state index < -0.39 is 87.8 Å². The monoisotopic (exact) mass is 2040 g/mol. The lowest BCUT2D eigenvalue weighted by Gasteiger charge is -2.28. The molecule has 4 saturated heterocycles. The summed E-state index contributed by atoms with van der Waals surface area (Å²) in [5.74, 6) is -7.13. The van der Waals surface area contributed by atoms with Crippen molar-refractivity contribution in [1.82, 2.24) is 61.6 Å². The molecule has 5 aromatic heterocycles. The van der Waals surface area contributed by atoms with Gasteiger partial charge >= 0.3 is 11.9 Å². The first-order valence-electron chi connectivity index (χ1n) is 46.6. The van der Waals surface area contributed by atoms with E-state index in [4.69, 9.17) is 14.2 Å². The Morgan fingerprint density at radius 2 is 0.723 bits per heavy atom. The summed E-state index contributed by atoms with van der Waals surface area (Å²) in [6.45, 7) is 4.09. The van der Waals surface area contributed by atoms with Crippen molar-refractivity contribution >= 4 is 202 Å². The van der Waals surface area contributed by atoms with Crippen LogP contribution in [0.2, 0.25) is 0 Å². The van der Waals surface area contributed by atoms with Crippen molar-refractivity contribution in [3.05, 3.63) is 326 Å². The number of H-pyrrole nitrogens is 5. The van der Waals surface area contributed by atoms with Crippen LogP contribution >= 0.6 is 11.8 Å². The third-order valence-corrected chi connectivity index (χ3v) is 26.1. The van der Waals surface area contributed by atoms with Gasteiger partial charge in [0.05, 0.1) is 115 Å². The van der Waals surface area contributed by atoms with Crippen LogP contribution < -0.4 is 42.0 Å². The van der Waals surface area contributed by atoms with E-state index in [0.29, 0.717) is 102 Å². The van der Waals surface area contributed by atoms with Crippen LogP contribution in [0.25, 0.3) is 115 Å². The normalized spacial score (nSPS) is 16.6. The molecular weight excluding hydrogens is 1950 g/mol. The highest BCUT2D eigenvalue weighted by molar-refractivity contribution is 8.14. The molecule has 9 heterocycles. The number of fused-ring (bicyclic) bond motifs is 5. The van der Waals surface area contributed by atoms with Gasteiger partial charge in [-0.3, -0.25) is 63.8 Å². The highest BCUT2D eigenvalue weighted by Crippen LogP contribution is 2.44. The Balaban J connectivity index is 0.000000127. The lowest BCUT2D eigenvalue weighted by Crippen LogP contribution is -2.38. The number of amides is 6. The first-order chi connectivity index (χ1) is 71.3. The van der Waals surface area contributed by atoms with Crippen LogP contribution in [0.3, 0.4) is 0 Å². The van der Waals surface area contributed by atoms with Gasteiger partial charge in [0.25, 0.3) is 11.1 Å². The number of cyclic esters (lactones) is 2. The molecule has 148 heavy (non-hydrogen) atoms. The zero-order valence-corrected chi connectivity index (χ0v) is 79.7. The number of methoxy groups -OCH3 is 1. The number of nitrogens with one attached hydrogen (secondary N) is 12. The van der Waals surface area contributed by atoms with Gasteiger partial charge in [0, 0.05) is 75.9 Å². The molecule has 16 aromatic rings. The van der Waals surface area contributed by atoms with Crippen LogP contribution in [0.4, 0.5) is 77.1 Å². The molecule has 0 radical (unpaired) electrons. The predicted octanol–water partition coefficient (Wildman–Crippen LogP) is 21.9. The number of carbonyl (C=O) groups is 8. The van der Waals surface area contributed by atoms with E-state index >= 15 is 0 Å². The Morgan fingerprint density at radius 1 is 0.392 bits per heavy atom. The standard InChI is InChI=1S/C28H25F2N3O2.C22H19F2N3O3.C20H18F2N4O.C20H15F2N3O3.C19H14F2N4O2S/c1-35-21-11-7-19(8-12-21)28(14-2-3-15-28)27(34)31-26-16-22-24(32-33-25(22)17-23(26)30)13-6-18-4-9-20(29)10-5-18;1-22(2)15(10-20(28)30-22)21(29)25-19-9-14-17(26-27-18(14)11-16(19)24)8-5-12-3-6-13(23)7-4-12;21-13-6-3-12(4-7-13)5-8-16-14-10-19(15(22)11-18(14)26-25-16)24-20(27)17-2-1-9-23-17;21-12-4-1-11(2-5-12)3-6-15-13-9-17(14(22)10-16(13)25-24-15)23-20(27)18-7-8-19(26)28-18;20-11-4-1-10(2-5-11)3-6-14-12-7-16(13(21)8-15(12)25-24-14)22-18(26)17-9-28-19(27)23-17/h4-13,16-17H,2-3,14-15H2,1H3,(H,31,34)(H,32,33);3-9,11,15H,10H2,1-2H3,(H,25,29)(H,26,27);3-8,10-11,17,23H,1-2,9H2,(H,24,27)(H,25,26);1-6,9-10,18H,7-8H2,(H,23,27)(H,24,25);1-8,17H,9H2,(H,22,26)(H,23,27)(H,24,25)/b13-6+;2*8-5+;2*6-3+/t;;17-;;17-/m..0.0/s1. The predicted molar refractivity (Wildman–Crippen MR) is 546 cm³/mol. The Kier molecular flexibility index (Phi) is 31.2. The second kappa shape index (κ2) is 45.3. The number of nitrogens with zero attached hydrogens (tertiary/aromatic N) is 5. The Labute approximate surface area is 840 Å². The molecular formula is C109H91F10N17O11S. The van der Waals surface area contributed by atoms with Crippen LogP contribution in [0, 0.1) is 64.1 Å². The number of ether oxygens (including phenoxy) is 3. The minimum atomic E-state index is -0.958. The number of anilines is 5. The molecule has 4 atom stereocenters. The molecule has 39 heteroatoms. The molecule has 28 nitrogen and oxygen atoms in total.